The maximum Gasteiger partial charge on any atom is 0.338 e. The van der Waals surface area contributed by atoms with Crippen LogP contribution in [0.15, 0.2) is 53.4 Å². The summed E-state index contributed by atoms with van der Waals surface area (Å²) in [5.74, 6) is -0.703. The molecule has 0 aromatic heterocycles. The van der Waals surface area contributed by atoms with Gasteiger partial charge in [0.05, 0.1) is 10.5 Å². The number of esters is 1. The fourth-order valence-electron chi connectivity index (χ4n) is 2.49. The third-order valence-electron chi connectivity index (χ3n) is 4.53. The second-order valence-corrected chi connectivity index (χ2v) is 8.78. The molecule has 150 valence electrons. The van der Waals surface area contributed by atoms with Crippen LogP contribution >= 0.6 is 0 Å². The van der Waals surface area contributed by atoms with Gasteiger partial charge in [0.1, 0.15) is 0 Å². The Hall–Kier alpha value is -2.67. The first kappa shape index (κ1) is 21.6. The van der Waals surface area contributed by atoms with E-state index in [9.17, 15) is 18.0 Å². The molecule has 2 aromatic carbocycles. The second-order valence-electron chi connectivity index (χ2n) is 6.76. The second kappa shape index (κ2) is 9.01. The Balaban J connectivity index is 1.97. The normalized spacial score (nSPS) is 13.4. The lowest BCUT2D eigenvalue weighted by atomic mass is 9.99. The molecule has 28 heavy (non-hydrogen) atoms. The molecule has 6 nitrogen and oxygen atoms in total. The van der Waals surface area contributed by atoms with Crippen LogP contribution in [0.1, 0.15) is 49.0 Å². The predicted octanol–water partition coefficient (Wildman–Crippen LogP) is 3.79. The van der Waals surface area contributed by atoms with Gasteiger partial charge >= 0.3 is 5.97 Å². The molecule has 0 aliphatic carbocycles. The van der Waals surface area contributed by atoms with E-state index in [0.29, 0.717) is 11.6 Å². The third-order valence-corrected chi connectivity index (χ3v) is 5.66. The van der Waals surface area contributed by atoms with E-state index in [2.05, 4.69) is 19.2 Å². The number of hydrogen-bond acceptors (Lipinski definition) is 5. The first-order valence-electron chi connectivity index (χ1n) is 9.03. The zero-order valence-corrected chi connectivity index (χ0v) is 17.2. The van der Waals surface area contributed by atoms with Crippen LogP contribution in [-0.4, -0.2) is 32.7 Å². The summed E-state index contributed by atoms with van der Waals surface area (Å²) in [5, 5.41) is 2.72. The predicted molar refractivity (Wildman–Crippen MR) is 108 cm³/mol. The van der Waals surface area contributed by atoms with Gasteiger partial charge in [-0.2, -0.15) is 0 Å². The molecule has 0 aliphatic heterocycles. The molecule has 0 saturated carbocycles. The van der Waals surface area contributed by atoms with Gasteiger partial charge < -0.3 is 10.1 Å². The first-order valence-corrected chi connectivity index (χ1v) is 10.9. The van der Waals surface area contributed by atoms with Crippen molar-refractivity contribution in [1.29, 1.82) is 0 Å². The highest BCUT2D eigenvalue weighted by Gasteiger charge is 2.19. The fraction of sp³-hybridized carbons (Fsp3) is 0.333. The molecule has 0 bridgehead atoms. The minimum atomic E-state index is -3.34. The molecule has 1 amide bonds. The summed E-state index contributed by atoms with van der Waals surface area (Å²) in [6.07, 6.45) is 1.11. The van der Waals surface area contributed by atoms with Crippen molar-refractivity contribution in [2.75, 3.05) is 11.6 Å². The van der Waals surface area contributed by atoms with E-state index in [1.54, 1.807) is 0 Å². The quantitative estimate of drug-likeness (QED) is 0.711. The van der Waals surface area contributed by atoms with E-state index in [4.69, 9.17) is 4.74 Å². The van der Waals surface area contributed by atoms with Crippen LogP contribution in [-0.2, 0) is 19.4 Å². The highest BCUT2D eigenvalue weighted by molar-refractivity contribution is 7.90. The molecule has 2 aromatic rings. The van der Waals surface area contributed by atoms with E-state index in [-0.39, 0.29) is 10.5 Å². The minimum absolute atomic E-state index is 0.107. The highest BCUT2D eigenvalue weighted by atomic mass is 32.2. The maximum absolute atomic E-state index is 12.3. The molecule has 0 unspecified atom stereocenters. The first-order chi connectivity index (χ1) is 13.1. The van der Waals surface area contributed by atoms with Gasteiger partial charge in [0.15, 0.2) is 15.9 Å². The number of hydrogen-bond donors (Lipinski definition) is 1. The van der Waals surface area contributed by atoms with Crippen LogP contribution in [0.5, 0.6) is 0 Å². The van der Waals surface area contributed by atoms with Crippen LogP contribution in [0.2, 0.25) is 0 Å². The van der Waals surface area contributed by atoms with E-state index in [0.717, 1.165) is 12.7 Å². The van der Waals surface area contributed by atoms with Crippen LogP contribution in [0.3, 0.4) is 0 Å². The number of rotatable bonds is 7. The van der Waals surface area contributed by atoms with E-state index >= 15 is 0 Å². The van der Waals surface area contributed by atoms with Crippen molar-refractivity contribution in [2.24, 2.45) is 0 Å². The lowest BCUT2D eigenvalue weighted by Gasteiger charge is -2.14. The van der Waals surface area contributed by atoms with Gasteiger partial charge in [0.25, 0.3) is 5.91 Å². The summed E-state index contributed by atoms with van der Waals surface area (Å²) >= 11 is 0. The van der Waals surface area contributed by atoms with Crippen LogP contribution in [0, 0.1) is 0 Å². The maximum atomic E-state index is 12.3. The van der Waals surface area contributed by atoms with Crippen molar-refractivity contribution in [3.8, 4) is 0 Å². The van der Waals surface area contributed by atoms with Gasteiger partial charge in [-0.25, -0.2) is 13.2 Å². The molecule has 0 saturated heterocycles. The molecule has 1 N–H and O–H groups in total. The molecule has 2 atom stereocenters. The Morgan fingerprint density at radius 2 is 1.57 bits per heavy atom. The molecule has 0 fully saturated rings. The standard InChI is InChI=1S/C21H25NO5S/c1-5-14(2)16-6-10-18(11-7-16)22-20(23)15(3)27-21(24)17-8-12-19(13-9-17)28(4,25)26/h6-15H,5H2,1-4H3,(H,22,23)/t14-,15-/m1/s1. The van der Waals surface area contributed by atoms with Crippen molar-refractivity contribution in [3.05, 3.63) is 59.7 Å². The minimum Gasteiger partial charge on any atom is -0.449 e. The molecular formula is C21H25NO5S. The number of carbonyl (C=O) groups excluding carboxylic acids is 2. The number of ether oxygens (including phenoxy) is 1. The van der Waals surface area contributed by atoms with Gasteiger partial charge in [-0.3, -0.25) is 4.79 Å². The molecule has 0 radical (unpaired) electrons. The van der Waals surface area contributed by atoms with E-state index in [1.165, 1.54) is 36.8 Å². The van der Waals surface area contributed by atoms with Crippen molar-refractivity contribution in [1.82, 2.24) is 0 Å². The molecule has 0 heterocycles. The summed E-state index contributed by atoms with van der Waals surface area (Å²) in [5.41, 5.74) is 1.99. The largest absolute Gasteiger partial charge is 0.449 e. The summed E-state index contributed by atoms with van der Waals surface area (Å²) in [6, 6.07) is 12.9. The fourth-order valence-corrected chi connectivity index (χ4v) is 3.13. The van der Waals surface area contributed by atoms with E-state index < -0.39 is 27.8 Å². The molecular weight excluding hydrogens is 378 g/mol. The third kappa shape index (κ3) is 5.66. The van der Waals surface area contributed by atoms with Crippen LogP contribution in [0.4, 0.5) is 5.69 Å². The van der Waals surface area contributed by atoms with Crippen molar-refractivity contribution in [3.63, 3.8) is 0 Å². The number of benzene rings is 2. The van der Waals surface area contributed by atoms with Gasteiger partial charge in [-0.1, -0.05) is 26.0 Å². The van der Waals surface area contributed by atoms with Crippen molar-refractivity contribution >= 4 is 27.4 Å². The summed E-state index contributed by atoms with van der Waals surface area (Å²) < 4.78 is 28.1. The Morgan fingerprint density at radius 3 is 2.07 bits per heavy atom. The number of carbonyl (C=O) groups is 2. The molecule has 7 heteroatoms. The number of anilines is 1. The number of amides is 1. The average Bonchev–Trinajstić information content (AvgIpc) is 2.67. The lowest BCUT2D eigenvalue weighted by molar-refractivity contribution is -0.123. The molecule has 2 rings (SSSR count). The topological polar surface area (TPSA) is 89.5 Å². The zero-order chi connectivity index (χ0) is 20.9. The van der Waals surface area contributed by atoms with Crippen LogP contribution < -0.4 is 5.32 Å². The average molecular weight is 404 g/mol. The monoisotopic (exact) mass is 403 g/mol. The van der Waals surface area contributed by atoms with Gasteiger partial charge in [-0.15, -0.1) is 0 Å². The Labute approximate surface area is 165 Å². The Morgan fingerprint density at radius 1 is 1.00 bits per heavy atom. The zero-order valence-electron chi connectivity index (χ0n) is 16.4. The Kier molecular flexibility index (Phi) is 6.96. The van der Waals surface area contributed by atoms with Gasteiger partial charge in [0.2, 0.25) is 0 Å². The Bertz CT molecular complexity index is 934. The van der Waals surface area contributed by atoms with E-state index in [1.807, 2.05) is 24.3 Å². The van der Waals surface area contributed by atoms with Crippen LogP contribution in [0.25, 0.3) is 0 Å². The van der Waals surface area contributed by atoms with Crippen molar-refractivity contribution < 1.29 is 22.7 Å². The summed E-state index contributed by atoms with van der Waals surface area (Å²) in [4.78, 5) is 24.6. The molecule has 0 aliphatic rings. The number of sulfone groups is 1. The lowest BCUT2D eigenvalue weighted by Crippen LogP contribution is -2.30. The van der Waals surface area contributed by atoms with Gasteiger partial charge in [0, 0.05) is 11.9 Å². The molecule has 0 spiro atoms. The SMILES string of the molecule is CC[C@@H](C)c1ccc(NC(=O)[C@@H](C)OC(=O)c2ccc(S(C)(=O)=O)cc2)cc1. The summed E-state index contributed by atoms with van der Waals surface area (Å²) in [7, 11) is -3.34. The smallest absolute Gasteiger partial charge is 0.338 e. The number of nitrogens with one attached hydrogen (secondary N) is 1. The summed E-state index contributed by atoms with van der Waals surface area (Å²) in [6.45, 7) is 5.73. The van der Waals surface area contributed by atoms with Gasteiger partial charge in [-0.05, 0) is 61.2 Å². The van der Waals surface area contributed by atoms with Crippen molar-refractivity contribution in [2.45, 2.75) is 44.1 Å². The highest BCUT2D eigenvalue weighted by Crippen LogP contribution is 2.20.